The Hall–Kier alpha value is -1.45. The summed E-state index contributed by atoms with van der Waals surface area (Å²) in [5, 5.41) is 24.7. The van der Waals surface area contributed by atoms with Gasteiger partial charge in [-0.15, -0.1) is 0 Å². The lowest BCUT2D eigenvalue weighted by Gasteiger charge is -2.14. The van der Waals surface area contributed by atoms with Crippen LogP contribution in [0, 0.1) is 27.4 Å². The fraction of sp³-hybridized carbons (Fsp3) is 0.545. The van der Waals surface area contributed by atoms with Crippen LogP contribution in [-0.4, -0.2) is 11.0 Å². The molecule has 2 unspecified atom stereocenters. The lowest BCUT2D eigenvalue weighted by molar-refractivity contribution is -0.380. The molecule has 0 radical (unpaired) electrons. The first-order valence-corrected chi connectivity index (χ1v) is 6.43. The second-order valence-corrected chi connectivity index (χ2v) is 5.09. The summed E-state index contributed by atoms with van der Waals surface area (Å²) >= 11 is 1.14. The molecule has 0 spiro atoms. The minimum absolute atomic E-state index is 0.0867. The summed E-state index contributed by atoms with van der Waals surface area (Å²) in [7, 11) is 0. The minimum Gasteiger partial charge on any atom is -0.309 e. The molecule has 1 N–H and O–H groups in total. The van der Waals surface area contributed by atoms with Gasteiger partial charge >= 0.3 is 5.00 Å². The van der Waals surface area contributed by atoms with Gasteiger partial charge in [-0.2, -0.15) is 5.26 Å². The standard InChI is InChI=1S/C11H13N3O2S/c12-5-9-2-1-3-10(9)13-6-8-4-11(14(15)16)17-7-8/h4,7,9-10,13H,1-3,6H2. The van der Waals surface area contributed by atoms with Crippen molar-refractivity contribution in [2.24, 2.45) is 5.92 Å². The SMILES string of the molecule is N#CC1CCCC1NCc1csc([N+](=O)[O-])c1. The van der Waals surface area contributed by atoms with Gasteiger partial charge in [-0.3, -0.25) is 10.1 Å². The fourth-order valence-electron chi connectivity index (χ4n) is 2.16. The number of nitro groups is 1. The molecular formula is C11H13N3O2S. The van der Waals surface area contributed by atoms with Gasteiger partial charge in [0.25, 0.3) is 0 Å². The Morgan fingerprint density at radius 2 is 2.47 bits per heavy atom. The molecule has 0 bridgehead atoms. The molecule has 2 rings (SSSR count). The van der Waals surface area contributed by atoms with E-state index >= 15 is 0 Å². The van der Waals surface area contributed by atoms with Gasteiger partial charge in [0.1, 0.15) is 0 Å². The number of hydrogen-bond acceptors (Lipinski definition) is 5. The van der Waals surface area contributed by atoms with Gasteiger partial charge in [-0.05, 0) is 18.4 Å². The van der Waals surface area contributed by atoms with Crippen LogP contribution in [0.25, 0.3) is 0 Å². The highest BCUT2D eigenvalue weighted by molar-refractivity contribution is 7.13. The summed E-state index contributed by atoms with van der Waals surface area (Å²) in [6.45, 7) is 0.604. The quantitative estimate of drug-likeness (QED) is 0.658. The van der Waals surface area contributed by atoms with E-state index < -0.39 is 0 Å². The van der Waals surface area contributed by atoms with Crippen LogP contribution in [0.2, 0.25) is 0 Å². The van der Waals surface area contributed by atoms with Crippen LogP contribution in [0.5, 0.6) is 0 Å². The first kappa shape index (κ1) is 12.0. The van der Waals surface area contributed by atoms with Gasteiger partial charge in [0.2, 0.25) is 0 Å². The summed E-state index contributed by atoms with van der Waals surface area (Å²) in [4.78, 5) is 10.2. The van der Waals surface area contributed by atoms with Crippen molar-refractivity contribution in [2.45, 2.75) is 31.8 Å². The van der Waals surface area contributed by atoms with Crippen molar-refractivity contribution in [3.8, 4) is 6.07 Å². The van der Waals surface area contributed by atoms with E-state index in [4.69, 9.17) is 5.26 Å². The summed E-state index contributed by atoms with van der Waals surface area (Å²) in [5.41, 5.74) is 0.922. The highest BCUT2D eigenvalue weighted by Gasteiger charge is 2.26. The lowest BCUT2D eigenvalue weighted by atomic mass is 10.1. The van der Waals surface area contributed by atoms with Crippen molar-refractivity contribution in [3.05, 3.63) is 27.1 Å². The predicted octanol–water partition coefficient (Wildman–Crippen LogP) is 2.44. The monoisotopic (exact) mass is 251 g/mol. The highest BCUT2D eigenvalue weighted by atomic mass is 32.1. The lowest BCUT2D eigenvalue weighted by Crippen LogP contribution is -2.31. The second-order valence-electron chi connectivity index (χ2n) is 4.20. The molecule has 1 aliphatic carbocycles. The van der Waals surface area contributed by atoms with Gasteiger partial charge in [0.15, 0.2) is 0 Å². The van der Waals surface area contributed by atoms with Crippen LogP contribution in [0.3, 0.4) is 0 Å². The summed E-state index contributed by atoms with van der Waals surface area (Å²) in [6.07, 6.45) is 3.06. The number of rotatable bonds is 4. The Morgan fingerprint density at radius 3 is 3.12 bits per heavy atom. The zero-order valence-electron chi connectivity index (χ0n) is 9.26. The Morgan fingerprint density at radius 1 is 1.65 bits per heavy atom. The van der Waals surface area contributed by atoms with E-state index in [2.05, 4.69) is 11.4 Å². The van der Waals surface area contributed by atoms with Crippen molar-refractivity contribution < 1.29 is 4.92 Å². The average molecular weight is 251 g/mol. The van der Waals surface area contributed by atoms with Crippen LogP contribution >= 0.6 is 11.3 Å². The maximum atomic E-state index is 10.5. The minimum atomic E-state index is -0.373. The first-order chi connectivity index (χ1) is 8.20. The number of nitrogens with one attached hydrogen (secondary N) is 1. The van der Waals surface area contributed by atoms with Crippen LogP contribution in [0.1, 0.15) is 24.8 Å². The van der Waals surface area contributed by atoms with Gasteiger partial charge in [0.05, 0.1) is 16.9 Å². The number of hydrogen-bond donors (Lipinski definition) is 1. The van der Waals surface area contributed by atoms with Crippen molar-refractivity contribution in [3.63, 3.8) is 0 Å². The van der Waals surface area contributed by atoms with Crippen molar-refractivity contribution in [2.75, 3.05) is 0 Å². The molecule has 0 amide bonds. The van der Waals surface area contributed by atoms with E-state index in [-0.39, 0.29) is 21.9 Å². The molecule has 17 heavy (non-hydrogen) atoms. The second kappa shape index (κ2) is 5.25. The summed E-state index contributed by atoms with van der Waals surface area (Å²) < 4.78 is 0. The summed E-state index contributed by atoms with van der Waals surface area (Å²) in [6, 6.07) is 4.13. The van der Waals surface area contributed by atoms with Crippen molar-refractivity contribution >= 4 is 16.3 Å². The van der Waals surface area contributed by atoms with Crippen LogP contribution in [-0.2, 0) is 6.54 Å². The molecule has 0 saturated heterocycles. The van der Waals surface area contributed by atoms with Crippen LogP contribution < -0.4 is 5.32 Å². The van der Waals surface area contributed by atoms with Crippen LogP contribution in [0.15, 0.2) is 11.4 Å². The Labute approximate surface area is 103 Å². The van der Waals surface area contributed by atoms with E-state index in [0.717, 1.165) is 36.2 Å². The Bertz CT molecular complexity index is 452. The number of nitriles is 1. The smallest absolute Gasteiger partial charge is 0.309 e. The van der Waals surface area contributed by atoms with E-state index in [0.29, 0.717) is 6.54 Å². The normalized spacial score (nSPS) is 23.5. The number of thiophene rings is 1. The molecule has 1 fully saturated rings. The molecule has 1 saturated carbocycles. The largest absolute Gasteiger partial charge is 0.324 e. The third-order valence-electron chi connectivity index (χ3n) is 3.07. The van der Waals surface area contributed by atoms with E-state index in [1.807, 2.05) is 0 Å². The molecule has 0 aromatic carbocycles. The fourth-order valence-corrected chi connectivity index (χ4v) is 2.89. The summed E-state index contributed by atoms with van der Waals surface area (Å²) in [5.74, 6) is 0.0867. The molecule has 1 aromatic heterocycles. The molecule has 0 aliphatic heterocycles. The molecule has 2 atom stereocenters. The zero-order valence-corrected chi connectivity index (χ0v) is 10.1. The van der Waals surface area contributed by atoms with E-state index in [9.17, 15) is 10.1 Å². The Kier molecular flexibility index (Phi) is 3.71. The first-order valence-electron chi connectivity index (χ1n) is 5.55. The molecule has 1 heterocycles. The predicted molar refractivity (Wildman–Crippen MR) is 64.6 cm³/mol. The third kappa shape index (κ3) is 2.81. The molecule has 1 aromatic rings. The van der Waals surface area contributed by atoms with Gasteiger partial charge in [-0.1, -0.05) is 17.8 Å². The number of nitrogens with zero attached hydrogens (tertiary/aromatic N) is 2. The van der Waals surface area contributed by atoms with Gasteiger partial charge < -0.3 is 5.32 Å². The highest BCUT2D eigenvalue weighted by Crippen LogP contribution is 2.26. The van der Waals surface area contributed by atoms with E-state index in [1.165, 1.54) is 0 Å². The van der Waals surface area contributed by atoms with Crippen molar-refractivity contribution in [1.82, 2.24) is 5.32 Å². The average Bonchev–Trinajstić information content (AvgIpc) is 2.95. The maximum absolute atomic E-state index is 10.5. The topological polar surface area (TPSA) is 79.0 Å². The zero-order chi connectivity index (χ0) is 12.3. The van der Waals surface area contributed by atoms with Crippen molar-refractivity contribution in [1.29, 1.82) is 5.26 Å². The third-order valence-corrected chi connectivity index (χ3v) is 4.00. The van der Waals surface area contributed by atoms with E-state index in [1.54, 1.807) is 11.4 Å². The molecule has 1 aliphatic rings. The maximum Gasteiger partial charge on any atom is 0.324 e. The molecular weight excluding hydrogens is 238 g/mol. The van der Waals surface area contributed by atoms with Gasteiger partial charge in [0, 0.05) is 24.0 Å². The van der Waals surface area contributed by atoms with Crippen LogP contribution in [0.4, 0.5) is 5.00 Å². The molecule has 90 valence electrons. The van der Waals surface area contributed by atoms with Gasteiger partial charge in [-0.25, -0.2) is 0 Å². The molecule has 5 nitrogen and oxygen atoms in total. The molecule has 6 heteroatoms. The Balaban J connectivity index is 1.89.